The molecule has 0 saturated carbocycles. The van der Waals surface area contributed by atoms with Gasteiger partial charge in [0.05, 0.1) is 6.61 Å². The predicted octanol–water partition coefficient (Wildman–Crippen LogP) is 4.44. The Morgan fingerprint density at radius 2 is 2.00 bits per heavy atom. The average Bonchev–Trinajstić information content (AvgIpc) is 2.98. The van der Waals surface area contributed by atoms with E-state index >= 15 is 0 Å². The fourth-order valence-corrected chi connectivity index (χ4v) is 2.89. The van der Waals surface area contributed by atoms with Crippen molar-refractivity contribution in [1.82, 2.24) is 4.98 Å². The number of carbonyl (C=O) groups is 1. The van der Waals surface area contributed by atoms with Crippen LogP contribution in [-0.4, -0.2) is 22.7 Å². The minimum atomic E-state index is -1.05. The molecule has 1 heterocycles. The highest BCUT2D eigenvalue weighted by Gasteiger charge is 2.15. The lowest BCUT2D eigenvalue weighted by atomic mass is 10.2. The minimum Gasteiger partial charge on any atom is -0.493 e. The van der Waals surface area contributed by atoms with Crippen LogP contribution in [0.25, 0.3) is 17.2 Å². The Balaban J connectivity index is 1.94. The maximum atomic E-state index is 11.6. The number of ether oxygens (including phenoxy) is 1. The maximum absolute atomic E-state index is 11.6. The van der Waals surface area contributed by atoms with Crippen LogP contribution in [0.3, 0.4) is 0 Å². The summed E-state index contributed by atoms with van der Waals surface area (Å²) in [5.41, 5.74) is 2.01. The third kappa shape index (κ3) is 3.60. The van der Waals surface area contributed by atoms with Crippen LogP contribution in [0.4, 0.5) is 0 Å². The van der Waals surface area contributed by atoms with E-state index in [2.05, 4.69) is 4.98 Å². The van der Waals surface area contributed by atoms with Crippen LogP contribution in [0.1, 0.15) is 12.5 Å². The number of hydrogen-bond acceptors (Lipinski definition) is 5. The molecule has 2 aromatic carbocycles. The fraction of sp³-hybridized carbons (Fsp3) is 0.111. The first kappa shape index (κ1) is 16.1. The molecule has 0 fully saturated rings. The SMILES string of the molecule is CCOc1ccccc1/C=C(\Sc1nc2ccccc2o1)C(=O)O. The monoisotopic (exact) mass is 341 g/mol. The minimum absolute atomic E-state index is 0.105. The number of fused-ring (bicyclic) bond motifs is 1. The van der Waals surface area contributed by atoms with Crippen molar-refractivity contribution in [2.75, 3.05) is 6.61 Å². The molecule has 1 N–H and O–H groups in total. The van der Waals surface area contributed by atoms with Gasteiger partial charge in [0.15, 0.2) is 5.58 Å². The van der Waals surface area contributed by atoms with Crippen LogP contribution < -0.4 is 4.74 Å². The molecule has 1 aromatic heterocycles. The highest BCUT2D eigenvalue weighted by Crippen LogP contribution is 2.32. The Labute approximate surface area is 143 Å². The number of aliphatic carboxylic acids is 1. The van der Waals surface area contributed by atoms with E-state index in [4.69, 9.17) is 9.15 Å². The molecule has 0 aliphatic carbocycles. The van der Waals surface area contributed by atoms with Gasteiger partial charge in [0.2, 0.25) is 0 Å². The third-order valence-corrected chi connectivity index (χ3v) is 4.05. The fourth-order valence-electron chi connectivity index (χ4n) is 2.15. The molecule has 0 radical (unpaired) electrons. The zero-order chi connectivity index (χ0) is 16.9. The van der Waals surface area contributed by atoms with Gasteiger partial charge in [0, 0.05) is 5.56 Å². The van der Waals surface area contributed by atoms with E-state index in [-0.39, 0.29) is 4.91 Å². The molecule has 5 nitrogen and oxygen atoms in total. The number of carboxylic acids is 1. The molecule has 0 aliphatic rings. The molecule has 0 saturated heterocycles. The number of benzene rings is 2. The zero-order valence-corrected chi connectivity index (χ0v) is 13.7. The van der Waals surface area contributed by atoms with E-state index in [9.17, 15) is 9.90 Å². The first-order valence-electron chi connectivity index (χ1n) is 7.37. The Kier molecular flexibility index (Phi) is 4.86. The standard InChI is InChI=1S/C18H15NO4S/c1-2-22-14-9-5-3-7-12(14)11-16(17(20)21)24-18-19-13-8-4-6-10-15(13)23-18/h3-11H,2H2,1H3,(H,20,21)/b16-11-. The first-order chi connectivity index (χ1) is 11.7. The van der Waals surface area contributed by atoms with Gasteiger partial charge < -0.3 is 14.3 Å². The van der Waals surface area contributed by atoms with Gasteiger partial charge >= 0.3 is 5.97 Å². The highest BCUT2D eigenvalue weighted by molar-refractivity contribution is 8.03. The number of carboxylic acid groups (broad SMARTS) is 1. The number of oxazole rings is 1. The lowest BCUT2D eigenvalue weighted by molar-refractivity contribution is -0.131. The van der Waals surface area contributed by atoms with Crippen LogP contribution in [0.5, 0.6) is 5.75 Å². The van der Waals surface area contributed by atoms with Crippen LogP contribution >= 0.6 is 11.8 Å². The summed E-state index contributed by atoms with van der Waals surface area (Å²) in [6, 6.07) is 14.6. The number of thioether (sulfide) groups is 1. The lowest BCUT2D eigenvalue weighted by Gasteiger charge is -2.07. The van der Waals surface area contributed by atoms with E-state index in [1.807, 2.05) is 37.3 Å². The van der Waals surface area contributed by atoms with Crippen LogP contribution in [-0.2, 0) is 4.79 Å². The third-order valence-electron chi connectivity index (χ3n) is 3.19. The van der Waals surface area contributed by atoms with Gasteiger partial charge in [-0.15, -0.1) is 0 Å². The number of hydrogen-bond donors (Lipinski definition) is 1. The first-order valence-corrected chi connectivity index (χ1v) is 8.19. The molecule has 0 spiro atoms. The summed E-state index contributed by atoms with van der Waals surface area (Å²) < 4.78 is 11.1. The molecule has 6 heteroatoms. The Morgan fingerprint density at radius 3 is 2.75 bits per heavy atom. The van der Waals surface area contributed by atoms with Gasteiger partial charge in [0.25, 0.3) is 5.22 Å². The van der Waals surface area contributed by atoms with Gasteiger partial charge in [-0.05, 0) is 43.0 Å². The van der Waals surface area contributed by atoms with Crippen molar-refractivity contribution in [2.24, 2.45) is 0 Å². The quantitative estimate of drug-likeness (QED) is 0.528. The average molecular weight is 341 g/mol. The highest BCUT2D eigenvalue weighted by atomic mass is 32.2. The van der Waals surface area contributed by atoms with Crippen LogP contribution in [0, 0.1) is 0 Å². The van der Waals surface area contributed by atoms with Crippen molar-refractivity contribution in [3.05, 3.63) is 59.0 Å². The number of nitrogens with zero attached hydrogens (tertiary/aromatic N) is 1. The second kappa shape index (κ2) is 7.23. The lowest BCUT2D eigenvalue weighted by Crippen LogP contribution is -1.98. The molecule has 0 bridgehead atoms. The van der Waals surface area contributed by atoms with E-state index in [1.165, 1.54) is 0 Å². The van der Waals surface area contributed by atoms with Crippen molar-refractivity contribution in [3.63, 3.8) is 0 Å². The zero-order valence-electron chi connectivity index (χ0n) is 12.9. The summed E-state index contributed by atoms with van der Waals surface area (Å²) in [6.07, 6.45) is 1.56. The molecule has 24 heavy (non-hydrogen) atoms. The summed E-state index contributed by atoms with van der Waals surface area (Å²) in [5.74, 6) is -0.412. The van der Waals surface area contributed by atoms with E-state index in [0.717, 1.165) is 11.8 Å². The van der Waals surface area contributed by atoms with Crippen molar-refractivity contribution in [3.8, 4) is 5.75 Å². The van der Waals surface area contributed by atoms with Crippen molar-refractivity contribution >= 4 is 34.9 Å². The summed E-state index contributed by atoms with van der Waals surface area (Å²) in [5, 5.41) is 9.78. The molecular weight excluding hydrogens is 326 g/mol. The van der Waals surface area contributed by atoms with E-state index in [1.54, 1.807) is 24.3 Å². The van der Waals surface area contributed by atoms with Crippen molar-refractivity contribution in [2.45, 2.75) is 12.1 Å². The maximum Gasteiger partial charge on any atom is 0.342 e. The molecule has 0 amide bonds. The molecule has 122 valence electrons. The molecule has 0 atom stereocenters. The summed E-state index contributed by atoms with van der Waals surface area (Å²) in [7, 11) is 0. The summed E-state index contributed by atoms with van der Waals surface area (Å²) >= 11 is 0.972. The summed E-state index contributed by atoms with van der Waals surface area (Å²) in [6.45, 7) is 2.39. The van der Waals surface area contributed by atoms with Crippen molar-refractivity contribution in [1.29, 1.82) is 0 Å². The van der Waals surface area contributed by atoms with Gasteiger partial charge in [0.1, 0.15) is 16.2 Å². The smallest absolute Gasteiger partial charge is 0.342 e. The van der Waals surface area contributed by atoms with Gasteiger partial charge in [-0.3, -0.25) is 0 Å². The predicted molar refractivity (Wildman–Crippen MR) is 93.1 cm³/mol. The van der Waals surface area contributed by atoms with Crippen LogP contribution in [0.2, 0.25) is 0 Å². The van der Waals surface area contributed by atoms with E-state index < -0.39 is 5.97 Å². The van der Waals surface area contributed by atoms with Gasteiger partial charge in [-0.2, -0.15) is 0 Å². The second-order valence-electron chi connectivity index (χ2n) is 4.83. The van der Waals surface area contributed by atoms with Crippen molar-refractivity contribution < 1.29 is 19.1 Å². The molecular formula is C18H15NO4S. The Morgan fingerprint density at radius 1 is 1.25 bits per heavy atom. The molecule has 3 aromatic rings. The molecule has 0 unspecified atom stereocenters. The summed E-state index contributed by atoms with van der Waals surface area (Å²) in [4.78, 5) is 16.0. The Hall–Kier alpha value is -2.73. The van der Waals surface area contributed by atoms with E-state index in [0.29, 0.717) is 34.2 Å². The normalized spacial score (nSPS) is 11.6. The molecule has 0 aliphatic heterocycles. The van der Waals surface area contributed by atoms with Crippen LogP contribution in [0.15, 0.2) is 63.1 Å². The van der Waals surface area contributed by atoms with Gasteiger partial charge in [-0.1, -0.05) is 30.3 Å². The largest absolute Gasteiger partial charge is 0.493 e. The van der Waals surface area contributed by atoms with Gasteiger partial charge in [-0.25, -0.2) is 9.78 Å². The number of para-hydroxylation sites is 3. The second-order valence-corrected chi connectivity index (χ2v) is 5.83. The number of aromatic nitrogens is 1. The number of rotatable bonds is 6. The molecule has 3 rings (SSSR count). The Bertz CT molecular complexity index is 868. The topological polar surface area (TPSA) is 72.6 Å².